The zero-order valence-corrected chi connectivity index (χ0v) is 19.3. The molecule has 1 aliphatic carbocycles. The van der Waals surface area contributed by atoms with Crippen molar-refractivity contribution in [3.63, 3.8) is 0 Å². The maximum Gasteiger partial charge on any atom is 0.240 e. The molecule has 7 nitrogen and oxygen atoms in total. The first kappa shape index (κ1) is 22.7. The normalized spacial score (nSPS) is 27.6. The van der Waals surface area contributed by atoms with Crippen LogP contribution in [0.25, 0.3) is 0 Å². The molecule has 3 atom stereocenters. The second-order valence-corrected chi connectivity index (χ2v) is 11.0. The number of amides is 1. The number of hydrogen-bond donors (Lipinski definition) is 1. The van der Waals surface area contributed by atoms with Crippen molar-refractivity contribution in [2.45, 2.75) is 62.5 Å². The molecule has 2 heterocycles. The van der Waals surface area contributed by atoms with Gasteiger partial charge in [-0.3, -0.25) is 9.69 Å². The van der Waals surface area contributed by atoms with Gasteiger partial charge in [0.05, 0.1) is 30.2 Å². The summed E-state index contributed by atoms with van der Waals surface area (Å²) in [4.78, 5) is 17.6. The molecule has 0 radical (unpaired) electrons. The maximum absolute atomic E-state index is 13.1. The number of hydrogen-bond acceptors (Lipinski definition) is 5. The first-order valence-corrected chi connectivity index (χ1v) is 13.1. The van der Waals surface area contributed by atoms with Crippen molar-refractivity contribution in [3.05, 3.63) is 29.8 Å². The highest BCUT2D eigenvalue weighted by atomic mass is 32.2. The number of carbonyl (C=O) groups excluding carboxylic acids is 1. The minimum Gasteiger partial charge on any atom is -0.374 e. The lowest BCUT2D eigenvalue weighted by Crippen LogP contribution is -2.57. The van der Waals surface area contributed by atoms with Gasteiger partial charge < -0.3 is 9.64 Å². The number of nitrogens with one attached hydrogen (secondary N) is 1. The Labute approximate surface area is 186 Å². The molecule has 31 heavy (non-hydrogen) atoms. The van der Waals surface area contributed by atoms with E-state index in [0.29, 0.717) is 31.1 Å². The Hall–Kier alpha value is -1.48. The van der Waals surface area contributed by atoms with Gasteiger partial charge in [0.1, 0.15) is 0 Å². The Morgan fingerprint density at radius 2 is 1.87 bits per heavy atom. The highest BCUT2D eigenvalue weighted by Crippen LogP contribution is 2.29. The molecule has 1 amide bonds. The van der Waals surface area contributed by atoms with Gasteiger partial charge in [-0.1, -0.05) is 30.5 Å². The van der Waals surface area contributed by atoms with E-state index in [2.05, 4.69) is 14.5 Å². The van der Waals surface area contributed by atoms with Crippen LogP contribution in [0.3, 0.4) is 0 Å². The third kappa shape index (κ3) is 5.66. The van der Waals surface area contributed by atoms with Crippen LogP contribution in [-0.4, -0.2) is 75.6 Å². The lowest BCUT2D eigenvalue weighted by molar-refractivity contribution is -0.151. The molecule has 2 saturated heterocycles. The van der Waals surface area contributed by atoms with Gasteiger partial charge in [0, 0.05) is 19.6 Å². The van der Waals surface area contributed by atoms with E-state index < -0.39 is 10.0 Å². The fraction of sp³-hybridized carbons (Fsp3) is 0.696. The maximum atomic E-state index is 13.1. The van der Waals surface area contributed by atoms with Crippen molar-refractivity contribution in [2.24, 2.45) is 5.92 Å². The highest BCUT2D eigenvalue weighted by Gasteiger charge is 2.37. The van der Waals surface area contributed by atoms with Gasteiger partial charge in [0.2, 0.25) is 15.9 Å². The van der Waals surface area contributed by atoms with Crippen molar-refractivity contribution in [1.29, 1.82) is 0 Å². The molecule has 1 N–H and O–H groups in total. The number of sulfonamides is 1. The largest absolute Gasteiger partial charge is 0.374 e. The van der Waals surface area contributed by atoms with Crippen molar-refractivity contribution >= 4 is 15.9 Å². The summed E-state index contributed by atoms with van der Waals surface area (Å²) >= 11 is 0. The molecule has 3 unspecified atom stereocenters. The minimum absolute atomic E-state index is 0.195. The summed E-state index contributed by atoms with van der Waals surface area (Å²) in [5, 5.41) is 0. The van der Waals surface area contributed by atoms with Crippen LogP contribution < -0.4 is 4.72 Å². The van der Waals surface area contributed by atoms with Crippen LogP contribution in [0.4, 0.5) is 0 Å². The topological polar surface area (TPSA) is 79.0 Å². The number of benzene rings is 1. The number of aryl methyl sites for hydroxylation is 1. The van der Waals surface area contributed by atoms with Gasteiger partial charge in [-0.2, -0.15) is 0 Å². The Kier molecular flexibility index (Phi) is 7.31. The first-order chi connectivity index (χ1) is 14.9. The van der Waals surface area contributed by atoms with E-state index in [-0.39, 0.29) is 24.0 Å². The van der Waals surface area contributed by atoms with Gasteiger partial charge in [-0.15, -0.1) is 0 Å². The molecule has 0 bridgehead atoms. The fourth-order valence-corrected chi connectivity index (χ4v) is 6.29. The first-order valence-electron chi connectivity index (χ1n) is 11.6. The smallest absolute Gasteiger partial charge is 0.240 e. The standard InChI is InChI=1S/C23H35N3O4S/c1-18-8-10-20(11-9-18)31(28,29)24-15-19-5-4-12-25(16-19)17-23(27)26-13-14-30-22-7-3-2-6-21(22)26/h8-11,19,21-22,24H,2-7,12-17H2,1H3. The lowest BCUT2D eigenvalue weighted by Gasteiger charge is -2.44. The number of ether oxygens (including phenoxy) is 1. The quantitative estimate of drug-likeness (QED) is 0.720. The lowest BCUT2D eigenvalue weighted by atomic mass is 9.90. The molecule has 8 heteroatoms. The molecule has 172 valence electrons. The molecule has 1 saturated carbocycles. The van der Waals surface area contributed by atoms with E-state index in [0.717, 1.165) is 44.3 Å². The Morgan fingerprint density at radius 3 is 2.68 bits per heavy atom. The SMILES string of the molecule is Cc1ccc(S(=O)(=O)NCC2CCCN(CC(=O)N3CCOC4CCCCC43)C2)cc1. The zero-order valence-electron chi connectivity index (χ0n) is 18.5. The summed E-state index contributed by atoms with van der Waals surface area (Å²) in [6.07, 6.45) is 6.62. The van der Waals surface area contributed by atoms with Crippen LogP contribution in [0.5, 0.6) is 0 Å². The molecule has 2 aliphatic heterocycles. The van der Waals surface area contributed by atoms with Gasteiger partial charge in [-0.05, 0) is 57.2 Å². The monoisotopic (exact) mass is 449 g/mol. The fourth-order valence-electron chi connectivity index (χ4n) is 5.18. The summed E-state index contributed by atoms with van der Waals surface area (Å²) in [5.74, 6) is 0.412. The van der Waals surface area contributed by atoms with Gasteiger partial charge in [0.25, 0.3) is 0 Å². The molecule has 1 aromatic rings. The van der Waals surface area contributed by atoms with Gasteiger partial charge >= 0.3 is 0 Å². The average molecular weight is 450 g/mol. The number of likely N-dealkylation sites (tertiary alicyclic amines) is 1. The van der Waals surface area contributed by atoms with E-state index in [1.807, 2.05) is 19.1 Å². The second kappa shape index (κ2) is 9.98. The van der Waals surface area contributed by atoms with Crippen molar-refractivity contribution in [1.82, 2.24) is 14.5 Å². The van der Waals surface area contributed by atoms with Crippen LogP contribution in [0.15, 0.2) is 29.2 Å². The molecule has 3 aliphatic rings. The number of morpholine rings is 1. The highest BCUT2D eigenvalue weighted by molar-refractivity contribution is 7.89. The van der Waals surface area contributed by atoms with Crippen LogP contribution in [0.2, 0.25) is 0 Å². The van der Waals surface area contributed by atoms with Crippen molar-refractivity contribution in [3.8, 4) is 0 Å². The molecular formula is C23H35N3O4S. The number of rotatable bonds is 6. The molecule has 1 aromatic carbocycles. The van der Waals surface area contributed by atoms with E-state index in [4.69, 9.17) is 4.74 Å². The van der Waals surface area contributed by atoms with E-state index >= 15 is 0 Å². The Morgan fingerprint density at radius 1 is 1.10 bits per heavy atom. The summed E-state index contributed by atoms with van der Waals surface area (Å²) in [6.45, 7) is 5.73. The molecule has 0 spiro atoms. The number of carbonyl (C=O) groups is 1. The van der Waals surface area contributed by atoms with Crippen LogP contribution in [-0.2, 0) is 19.6 Å². The van der Waals surface area contributed by atoms with Gasteiger partial charge in [0.15, 0.2) is 0 Å². The second-order valence-electron chi connectivity index (χ2n) is 9.26. The Bertz CT molecular complexity index is 856. The number of nitrogens with zero attached hydrogens (tertiary/aromatic N) is 2. The molecule has 4 rings (SSSR count). The third-order valence-corrected chi connectivity index (χ3v) is 8.35. The molecule has 0 aromatic heterocycles. The summed E-state index contributed by atoms with van der Waals surface area (Å²) in [7, 11) is -3.50. The van der Waals surface area contributed by atoms with E-state index in [1.54, 1.807) is 12.1 Å². The predicted molar refractivity (Wildman–Crippen MR) is 119 cm³/mol. The zero-order chi connectivity index (χ0) is 21.8. The van der Waals surface area contributed by atoms with Crippen molar-refractivity contribution in [2.75, 3.05) is 39.3 Å². The molecule has 3 fully saturated rings. The van der Waals surface area contributed by atoms with Crippen LogP contribution >= 0.6 is 0 Å². The average Bonchev–Trinajstić information content (AvgIpc) is 2.78. The van der Waals surface area contributed by atoms with Crippen molar-refractivity contribution < 1.29 is 17.9 Å². The van der Waals surface area contributed by atoms with Gasteiger partial charge in [-0.25, -0.2) is 13.1 Å². The number of piperidine rings is 1. The van der Waals surface area contributed by atoms with Crippen LogP contribution in [0, 0.1) is 12.8 Å². The minimum atomic E-state index is -3.50. The summed E-state index contributed by atoms with van der Waals surface area (Å²) in [6, 6.07) is 7.14. The molecular weight excluding hydrogens is 414 g/mol. The summed E-state index contributed by atoms with van der Waals surface area (Å²) in [5.41, 5.74) is 1.03. The predicted octanol–water partition coefficient (Wildman–Crippen LogP) is 2.16. The van der Waals surface area contributed by atoms with Crippen LogP contribution in [0.1, 0.15) is 44.1 Å². The summed E-state index contributed by atoms with van der Waals surface area (Å²) < 4.78 is 33.9. The Balaban J connectivity index is 1.29. The van der Waals surface area contributed by atoms with E-state index in [9.17, 15) is 13.2 Å². The number of fused-ring (bicyclic) bond motifs is 1. The third-order valence-electron chi connectivity index (χ3n) is 6.91. The van der Waals surface area contributed by atoms with E-state index in [1.165, 1.54) is 12.8 Å².